The van der Waals surface area contributed by atoms with E-state index in [-0.39, 0.29) is 22.4 Å². The molecule has 0 bridgehead atoms. The molecule has 0 saturated heterocycles. The van der Waals surface area contributed by atoms with E-state index in [0.29, 0.717) is 22.5 Å². The Morgan fingerprint density at radius 3 is 1.20 bits per heavy atom. The molecule has 0 amide bonds. The van der Waals surface area contributed by atoms with Crippen molar-refractivity contribution in [1.82, 2.24) is 0 Å². The molecule has 0 atom stereocenters. The summed E-state index contributed by atoms with van der Waals surface area (Å²) >= 11 is 3.24. The minimum atomic E-state index is 0. The molecule has 0 aromatic heterocycles. The van der Waals surface area contributed by atoms with Crippen molar-refractivity contribution in [2.75, 3.05) is 0 Å². The fraction of sp³-hybridized carbons (Fsp3) is 0. The van der Waals surface area contributed by atoms with E-state index in [9.17, 15) is 0 Å². The van der Waals surface area contributed by atoms with E-state index in [1.165, 1.54) is 0 Å². The molecular formula is AuCuO2Sn. The Morgan fingerprint density at radius 1 is 1.20 bits per heavy atom. The summed E-state index contributed by atoms with van der Waals surface area (Å²) in [6.45, 7) is 0. The first kappa shape index (κ1) is 15.9. The van der Waals surface area contributed by atoms with Gasteiger partial charge in [-0.1, -0.05) is 0 Å². The van der Waals surface area contributed by atoms with Gasteiger partial charge in [0.05, 0.1) is 0 Å². The monoisotopic (exact) mass is 412 g/mol. The van der Waals surface area contributed by atoms with E-state index in [0.717, 1.165) is 0 Å². The first-order valence-electron chi connectivity index (χ1n) is 0.327. The van der Waals surface area contributed by atoms with Crippen LogP contribution in [0.15, 0.2) is 0 Å². The van der Waals surface area contributed by atoms with Crippen molar-refractivity contribution in [2.45, 2.75) is 0 Å². The Balaban J connectivity index is -0.0000000133. The Morgan fingerprint density at radius 2 is 1.20 bits per heavy atom. The van der Waals surface area contributed by atoms with Gasteiger partial charge in [-0.15, -0.1) is 0 Å². The summed E-state index contributed by atoms with van der Waals surface area (Å²) in [7, 11) is 0. The van der Waals surface area contributed by atoms with Crippen LogP contribution >= 0.6 is 0 Å². The van der Waals surface area contributed by atoms with Crippen molar-refractivity contribution in [3.8, 4) is 0 Å². The maximum atomic E-state index is 8.34. The second kappa shape index (κ2) is 44.6. The number of hydrogen-bond donors (Lipinski definition) is 0. The first-order valence-corrected chi connectivity index (χ1v) is 1.88. The van der Waals surface area contributed by atoms with Crippen molar-refractivity contribution in [2.24, 2.45) is 0 Å². The van der Waals surface area contributed by atoms with Crippen LogP contribution in [-0.2, 0) is 45.2 Å². The molecule has 0 unspecified atom stereocenters. The van der Waals surface area contributed by atoms with Crippen molar-refractivity contribution in [1.29, 1.82) is 0 Å². The molecule has 0 rings (SSSR count). The molecule has 2 nitrogen and oxygen atoms in total. The van der Waals surface area contributed by atoms with Crippen LogP contribution < -0.4 is 0 Å². The van der Waals surface area contributed by atoms with E-state index in [4.69, 9.17) is 6.91 Å². The Bertz CT molecular complexity index is 11.6. The summed E-state index contributed by atoms with van der Waals surface area (Å²) < 4.78 is 16.2. The molecule has 0 fully saturated rings. The summed E-state index contributed by atoms with van der Waals surface area (Å²) in [4.78, 5) is 0. The summed E-state index contributed by atoms with van der Waals surface area (Å²) in [5.41, 5.74) is 0. The number of rotatable bonds is 0. The van der Waals surface area contributed by atoms with Crippen LogP contribution in [-0.4, -0.2) is 22.5 Å². The van der Waals surface area contributed by atoms with E-state index in [2.05, 4.69) is 15.9 Å². The van der Waals surface area contributed by atoms with Crippen LogP contribution in [0.2, 0.25) is 0 Å². The third-order valence-corrected chi connectivity index (χ3v) is 0. The molecule has 38 valence electrons. The van der Waals surface area contributed by atoms with Gasteiger partial charge in [0.15, 0.2) is 0 Å². The van der Waals surface area contributed by atoms with Gasteiger partial charge in [0.1, 0.15) is 0 Å². The van der Waals surface area contributed by atoms with E-state index < -0.39 is 0 Å². The van der Waals surface area contributed by atoms with Gasteiger partial charge >= 0.3 is 45.4 Å². The first-order chi connectivity index (χ1) is 2.00. The van der Waals surface area contributed by atoms with Gasteiger partial charge in [0.25, 0.3) is 0 Å². The normalized spacial score (nSPS) is 2.00. The molecule has 0 aliphatic rings. The van der Waals surface area contributed by atoms with Gasteiger partial charge < -0.3 is 0 Å². The average Bonchev–Trinajstić information content (AvgIpc) is 1.50. The molecular weight excluding hydrogens is 411 g/mol. The van der Waals surface area contributed by atoms with Gasteiger partial charge in [-0.05, 0) is 0 Å². The molecule has 0 heterocycles. The zero-order chi connectivity index (χ0) is 4.00. The molecule has 0 N–H and O–H groups in total. The fourth-order valence-electron chi connectivity index (χ4n) is 0. The third-order valence-electron chi connectivity index (χ3n) is 0. The summed E-state index contributed by atoms with van der Waals surface area (Å²) in [5, 5.41) is 0. The minimum absolute atomic E-state index is 0. The predicted molar refractivity (Wildman–Crippen MR) is 7.13 cm³/mol. The number of hydrogen-bond acceptors (Lipinski definition) is 2. The molecule has 0 aliphatic heterocycles. The van der Waals surface area contributed by atoms with Crippen molar-refractivity contribution in [3.63, 3.8) is 0 Å². The van der Waals surface area contributed by atoms with Gasteiger partial charge in [-0.2, -0.15) is 0 Å². The summed E-state index contributed by atoms with van der Waals surface area (Å²) in [6.07, 6.45) is 0. The van der Waals surface area contributed by atoms with Crippen LogP contribution in [0.5, 0.6) is 0 Å². The fourth-order valence-corrected chi connectivity index (χ4v) is 0. The van der Waals surface area contributed by atoms with Crippen LogP contribution in [0, 0.1) is 0 Å². The van der Waals surface area contributed by atoms with Crippen molar-refractivity contribution >= 4 is 22.5 Å². The molecule has 5 heavy (non-hydrogen) atoms. The standard InChI is InChI=1S/Au.Cu.2O.Sn. The Hall–Kier alpha value is 1.66. The Kier molecular flexibility index (Phi) is 142. The summed E-state index contributed by atoms with van der Waals surface area (Å²) in [5.74, 6) is 0. The summed E-state index contributed by atoms with van der Waals surface area (Å²) in [6, 6.07) is 0. The Labute approximate surface area is 67.1 Å². The molecule has 3 radical (unpaired) electrons. The van der Waals surface area contributed by atoms with Crippen LogP contribution in [0.4, 0.5) is 0 Å². The molecule has 0 saturated carbocycles. The quantitative estimate of drug-likeness (QED) is 0.498. The predicted octanol–water partition coefficient (Wildman–Crippen LogP) is -0.623. The maximum absolute atomic E-state index is 8.34. The van der Waals surface area contributed by atoms with E-state index in [1.54, 1.807) is 0 Å². The second-order valence-corrected chi connectivity index (χ2v) is 0. The van der Waals surface area contributed by atoms with Gasteiger partial charge in [0.2, 0.25) is 0 Å². The molecule has 0 aliphatic carbocycles. The zero-order valence-electron chi connectivity index (χ0n) is 1.92. The SMILES string of the molecule is [Au].[O]=[Cu].[O]=[Sn]. The van der Waals surface area contributed by atoms with E-state index >= 15 is 0 Å². The second-order valence-electron chi connectivity index (χ2n) is 0. The van der Waals surface area contributed by atoms with Gasteiger partial charge in [-0.25, -0.2) is 0 Å². The zero-order valence-corrected chi connectivity index (χ0v) is 7.88. The van der Waals surface area contributed by atoms with Gasteiger partial charge in [0, 0.05) is 22.4 Å². The van der Waals surface area contributed by atoms with Crippen molar-refractivity contribution < 1.29 is 45.2 Å². The van der Waals surface area contributed by atoms with E-state index in [1.807, 2.05) is 0 Å². The van der Waals surface area contributed by atoms with Crippen LogP contribution in [0.25, 0.3) is 0 Å². The molecule has 5 heteroatoms. The molecule has 0 aromatic carbocycles. The van der Waals surface area contributed by atoms with Crippen LogP contribution in [0.1, 0.15) is 0 Å². The molecule has 0 aromatic rings. The van der Waals surface area contributed by atoms with Crippen molar-refractivity contribution in [3.05, 3.63) is 0 Å². The third kappa shape index (κ3) is 27.5. The topological polar surface area (TPSA) is 34.1 Å². The molecule has 0 spiro atoms. The van der Waals surface area contributed by atoms with Crippen LogP contribution in [0.3, 0.4) is 0 Å². The average molecular weight is 411 g/mol. The van der Waals surface area contributed by atoms with Gasteiger partial charge in [-0.3, -0.25) is 0 Å².